The van der Waals surface area contributed by atoms with Gasteiger partial charge in [-0.3, -0.25) is 4.79 Å². The number of sulfonamides is 1. The summed E-state index contributed by atoms with van der Waals surface area (Å²) in [6.07, 6.45) is 5.15. The topological polar surface area (TPSA) is 66.5 Å². The van der Waals surface area contributed by atoms with Crippen LogP contribution in [0, 0.1) is 0 Å². The lowest BCUT2D eigenvalue weighted by atomic mass is 10.1. The van der Waals surface area contributed by atoms with E-state index in [1.165, 1.54) is 6.42 Å². The van der Waals surface area contributed by atoms with Gasteiger partial charge in [0.25, 0.3) is 0 Å². The zero-order valence-electron chi connectivity index (χ0n) is 16.1. The lowest BCUT2D eigenvalue weighted by Gasteiger charge is -2.26. The monoisotopic (exact) mass is 400 g/mol. The largest absolute Gasteiger partial charge is 0.343 e. The molecule has 3 rings (SSSR count). The van der Waals surface area contributed by atoms with E-state index >= 15 is 0 Å². The van der Waals surface area contributed by atoms with E-state index in [0.29, 0.717) is 25.8 Å². The molecule has 150 valence electrons. The van der Waals surface area contributed by atoms with Crippen molar-refractivity contribution in [1.82, 2.24) is 9.62 Å². The van der Waals surface area contributed by atoms with Crippen molar-refractivity contribution < 1.29 is 13.2 Å². The van der Waals surface area contributed by atoms with Crippen LogP contribution in [0.1, 0.15) is 36.8 Å². The van der Waals surface area contributed by atoms with Gasteiger partial charge in [-0.05, 0) is 55.4 Å². The van der Waals surface area contributed by atoms with E-state index in [-0.39, 0.29) is 10.8 Å². The average molecular weight is 401 g/mol. The number of hydrogen-bond acceptors (Lipinski definition) is 3. The highest BCUT2D eigenvalue weighted by Crippen LogP contribution is 2.14. The predicted molar refractivity (Wildman–Crippen MR) is 111 cm³/mol. The van der Waals surface area contributed by atoms with Gasteiger partial charge in [0.2, 0.25) is 15.9 Å². The van der Waals surface area contributed by atoms with Crippen molar-refractivity contribution in [3.8, 4) is 0 Å². The third-order valence-corrected chi connectivity index (χ3v) is 6.60. The van der Waals surface area contributed by atoms with Crippen molar-refractivity contribution in [1.29, 1.82) is 0 Å². The molecule has 2 aromatic carbocycles. The number of nitrogens with zero attached hydrogens (tertiary/aromatic N) is 1. The Morgan fingerprint density at radius 2 is 1.50 bits per heavy atom. The highest BCUT2D eigenvalue weighted by Gasteiger charge is 2.17. The fourth-order valence-electron chi connectivity index (χ4n) is 3.45. The first-order valence-corrected chi connectivity index (χ1v) is 11.4. The first-order valence-electron chi connectivity index (χ1n) is 9.95. The van der Waals surface area contributed by atoms with Crippen LogP contribution >= 0.6 is 0 Å². The van der Waals surface area contributed by atoms with Gasteiger partial charge in [0, 0.05) is 26.1 Å². The molecule has 0 saturated carbocycles. The summed E-state index contributed by atoms with van der Waals surface area (Å²) in [6, 6.07) is 16.6. The maximum atomic E-state index is 12.4. The minimum Gasteiger partial charge on any atom is -0.343 e. The molecule has 0 radical (unpaired) electrons. The minimum absolute atomic E-state index is 0.193. The Morgan fingerprint density at radius 3 is 2.18 bits per heavy atom. The number of amides is 1. The van der Waals surface area contributed by atoms with Gasteiger partial charge in [-0.15, -0.1) is 0 Å². The standard InChI is InChI=1S/C22H28N2O3S/c25-22(24-17-5-2-6-18-24)14-11-20-9-12-21(13-10-20)28(26,27)23-16-15-19-7-3-1-4-8-19/h1,3-4,7-10,12-13,23H,2,5-6,11,14-18H2. The maximum absolute atomic E-state index is 12.4. The Kier molecular flexibility index (Phi) is 7.23. The molecule has 1 fully saturated rings. The molecule has 0 aromatic heterocycles. The smallest absolute Gasteiger partial charge is 0.240 e. The lowest BCUT2D eigenvalue weighted by molar-refractivity contribution is -0.132. The van der Waals surface area contributed by atoms with Gasteiger partial charge in [-0.2, -0.15) is 0 Å². The number of carbonyl (C=O) groups is 1. The molecule has 0 spiro atoms. The van der Waals surface area contributed by atoms with Crippen molar-refractivity contribution in [2.75, 3.05) is 19.6 Å². The number of aryl methyl sites for hydroxylation is 1. The highest BCUT2D eigenvalue weighted by atomic mass is 32.2. The van der Waals surface area contributed by atoms with Crippen molar-refractivity contribution in [3.05, 3.63) is 65.7 Å². The summed E-state index contributed by atoms with van der Waals surface area (Å²) in [7, 11) is -3.52. The van der Waals surface area contributed by atoms with E-state index in [9.17, 15) is 13.2 Å². The molecule has 2 aromatic rings. The fourth-order valence-corrected chi connectivity index (χ4v) is 4.48. The average Bonchev–Trinajstić information content (AvgIpc) is 2.73. The molecule has 0 atom stereocenters. The number of carbonyl (C=O) groups excluding carboxylic acids is 1. The van der Waals surface area contributed by atoms with E-state index < -0.39 is 10.0 Å². The van der Waals surface area contributed by atoms with Crippen molar-refractivity contribution >= 4 is 15.9 Å². The van der Waals surface area contributed by atoms with Crippen LogP contribution in [0.3, 0.4) is 0 Å². The summed E-state index contributed by atoms with van der Waals surface area (Å²) in [5.41, 5.74) is 2.08. The molecule has 28 heavy (non-hydrogen) atoms. The fraction of sp³-hybridized carbons (Fsp3) is 0.409. The van der Waals surface area contributed by atoms with Crippen molar-refractivity contribution in [3.63, 3.8) is 0 Å². The van der Waals surface area contributed by atoms with Gasteiger partial charge < -0.3 is 4.90 Å². The summed E-state index contributed by atoms with van der Waals surface area (Å²) < 4.78 is 27.5. The Morgan fingerprint density at radius 1 is 0.857 bits per heavy atom. The number of likely N-dealkylation sites (tertiary alicyclic amines) is 1. The van der Waals surface area contributed by atoms with E-state index in [4.69, 9.17) is 0 Å². The zero-order chi connectivity index (χ0) is 19.8. The van der Waals surface area contributed by atoms with Gasteiger partial charge in [-0.1, -0.05) is 42.5 Å². The van der Waals surface area contributed by atoms with Crippen LogP contribution in [0.15, 0.2) is 59.5 Å². The van der Waals surface area contributed by atoms with Gasteiger partial charge in [-0.25, -0.2) is 13.1 Å². The number of piperidine rings is 1. The summed E-state index contributed by atoms with van der Waals surface area (Å²) in [6.45, 7) is 2.09. The number of benzene rings is 2. The number of hydrogen-bond donors (Lipinski definition) is 1. The molecule has 1 amide bonds. The van der Waals surface area contributed by atoms with Crippen molar-refractivity contribution in [2.24, 2.45) is 0 Å². The van der Waals surface area contributed by atoms with Crippen LogP contribution in [0.25, 0.3) is 0 Å². The second kappa shape index (κ2) is 9.85. The molecule has 0 aliphatic carbocycles. The second-order valence-electron chi connectivity index (χ2n) is 7.22. The number of nitrogens with one attached hydrogen (secondary N) is 1. The zero-order valence-corrected chi connectivity index (χ0v) is 17.0. The van der Waals surface area contributed by atoms with E-state index in [1.54, 1.807) is 24.3 Å². The van der Waals surface area contributed by atoms with Crippen LogP contribution in [0.2, 0.25) is 0 Å². The molecule has 6 heteroatoms. The van der Waals surface area contributed by atoms with E-state index in [2.05, 4.69) is 4.72 Å². The number of rotatable bonds is 8. The summed E-state index contributed by atoms with van der Waals surface area (Å²) in [5, 5.41) is 0. The Labute approximate surface area is 167 Å². The third kappa shape index (κ3) is 5.91. The predicted octanol–water partition coefficient (Wildman–Crippen LogP) is 3.15. The van der Waals surface area contributed by atoms with Crippen LogP contribution in [0.4, 0.5) is 0 Å². The van der Waals surface area contributed by atoms with Gasteiger partial charge >= 0.3 is 0 Å². The molecular formula is C22H28N2O3S. The summed E-state index contributed by atoms with van der Waals surface area (Å²) in [4.78, 5) is 14.5. The first-order chi connectivity index (χ1) is 13.5. The lowest BCUT2D eigenvalue weighted by Crippen LogP contribution is -2.35. The highest BCUT2D eigenvalue weighted by molar-refractivity contribution is 7.89. The third-order valence-electron chi connectivity index (χ3n) is 5.12. The molecular weight excluding hydrogens is 372 g/mol. The van der Waals surface area contributed by atoms with E-state index in [1.807, 2.05) is 35.2 Å². The Bertz CT molecular complexity index is 858. The molecule has 1 aliphatic heterocycles. The van der Waals surface area contributed by atoms with Gasteiger partial charge in [0.05, 0.1) is 4.90 Å². The molecule has 5 nitrogen and oxygen atoms in total. The molecule has 0 bridgehead atoms. The van der Waals surface area contributed by atoms with Gasteiger partial charge in [0.1, 0.15) is 0 Å². The molecule has 1 heterocycles. The normalized spacial score (nSPS) is 14.8. The maximum Gasteiger partial charge on any atom is 0.240 e. The minimum atomic E-state index is -3.52. The SMILES string of the molecule is O=C(CCc1ccc(S(=O)(=O)NCCc2ccccc2)cc1)N1CCCCC1. The summed E-state index contributed by atoms with van der Waals surface area (Å²) in [5.74, 6) is 0.193. The van der Waals surface area contributed by atoms with Crippen LogP contribution in [-0.4, -0.2) is 38.9 Å². The molecule has 1 N–H and O–H groups in total. The quantitative estimate of drug-likeness (QED) is 0.740. The van der Waals surface area contributed by atoms with Crippen LogP contribution < -0.4 is 4.72 Å². The summed E-state index contributed by atoms with van der Waals surface area (Å²) >= 11 is 0. The van der Waals surface area contributed by atoms with E-state index in [0.717, 1.165) is 37.1 Å². The van der Waals surface area contributed by atoms with Crippen molar-refractivity contribution in [2.45, 2.75) is 43.4 Å². The van der Waals surface area contributed by atoms with Crippen LogP contribution in [-0.2, 0) is 27.7 Å². The first kappa shape index (κ1) is 20.6. The Hall–Kier alpha value is -2.18. The Balaban J connectivity index is 1.49. The molecule has 1 saturated heterocycles. The molecule has 0 unspecified atom stereocenters. The van der Waals surface area contributed by atoms with Gasteiger partial charge in [0.15, 0.2) is 0 Å². The second-order valence-corrected chi connectivity index (χ2v) is 8.99. The van der Waals surface area contributed by atoms with Crippen LogP contribution in [0.5, 0.6) is 0 Å². The molecule has 1 aliphatic rings.